The van der Waals surface area contributed by atoms with Crippen molar-refractivity contribution in [3.63, 3.8) is 0 Å². The predicted molar refractivity (Wildman–Crippen MR) is 89.4 cm³/mol. The van der Waals surface area contributed by atoms with E-state index in [-0.39, 0.29) is 24.6 Å². The molecule has 124 valence electrons. The van der Waals surface area contributed by atoms with Crippen molar-refractivity contribution in [3.05, 3.63) is 23.8 Å². The lowest BCUT2D eigenvalue weighted by Crippen LogP contribution is -2.40. The summed E-state index contributed by atoms with van der Waals surface area (Å²) in [4.78, 5) is 12.0. The molecule has 0 bridgehead atoms. The molecule has 0 aliphatic rings. The van der Waals surface area contributed by atoms with Crippen molar-refractivity contribution in [2.45, 2.75) is 46.6 Å². The fraction of sp³-hybridized carbons (Fsp3) is 0.588. The van der Waals surface area contributed by atoms with Crippen molar-refractivity contribution >= 4 is 11.7 Å². The molecule has 1 aromatic carbocycles. The van der Waals surface area contributed by atoms with Crippen molar-refractivity contribution in [1.29, 1.82) is 0 Å². The molecular formula is C17H28N2O3. The monoisotopic (exact) mass is 308 g/mol. The average molecular weight is 308 g/mol. The molecular weight excluding hydrogens is 280 g/mol. The number of aryl methyl sites for hydroxylation is 1. The van der Waals surface area contributed by atoms with Crippen LogP contribution in [0.1, 0.15) is 39.2 Å². The Morgan fingerprint density at radius 1 is 1.36 bits per heavy atom. The molecule has 2 atom stereocenters. The number of rotatable bonds is 8. The van der Waals surface area contributed by atoms with E-state index in [1.54, 1.807) is 0 Å². The number of anilines is 1. The number of benzene rings is 1. The number of unbranched alkanes of at least 4 members (excludes halogenated alkanes) is 1. The highest BCUT2D eigenvalue weighted by atomic mass is 16.5. The van der Waals surface area contributed by atoms with E-state index in [1.165, 1.54) is 0 Å². The van der Waals surface area contributed by atoms with Crippen LogP contribution in [0.4, 0.5) is 10.5 Å². The van der Waals surface area contributed by atoms with E-state index in [2.05, 4.69) is 17.6 Å². The van der Waals surface area contributed by atoms with Gasteiger partial charge >= 0.3 is 6.03 Å². The molecule has 2 unspecified atom stereocenters. The number of hydrogen-bond acceptors (Lipinski definition) is 3. The first-order valence-corrected chi connectivity index (χ1v) is 7.89. The normalized spacial score (nSPS) is 13.3. The lowest BCUT2D eigenvalue weighted by Gasteiger charge is -2.20. The highest BCUT2D eigenvalue weighted by Gasteiger charge is 2.14. The molecule has 0 spiro atoms. The Kier molecular flexibility index (Phi) is 7.74. The number of nitrogens with one attached hydrogen (secondary N) is 2. The number of ether oxygens (including phenoxy) is 1. The summed E-state index contributed by atoms with van der Waals surface area (Å²) in [6.45, 7) is 8.57. The van der Waals surface area contributed by atoms with Crippen LogP contribution < -0.4 is 15.4 Å². The van der Waals surface area contributed by atoms with E-state index in [4.69, 9.17) is 9.84 Å². The Morgan fingerprint density at radius 3 is 2.68 bits per heavy atom. The van der Waals surface area contributed by atoms with Gasteiger partial charge in [-0.2, -0.15) is 0 Å². The first-order valence-electron chi connectivity index (χ1n) is 7.89. The maximum absolute atomic E-state index is 12.0. The van der Waals surface area contributed by atoms with Gasteiger partial charge in [0.15, 0.2) is 0 Å². The third kappa shape index (κ3) is 5.93. The molecule has 5 nitrogen and oxygen atoms in total. The second kappa shape index (κ2) is 9.30. The molecule has 0 saturated heterocycles. The van der Waals surface area contributed by atoms with Crippen molar-refractivity contribution < 1.29 is 14.6 Å². The van der Waals surface area contributed by atoms with Gasteiger partial charge in [-0.25, -0.2) is 4.79 Å². The van der Waals surface area contributed by atoms with Crippen LogP contribution in [0.15, 0.2) is 18.2 Å². The van der Waals surface area contributed by atoms with Gasteiger partial charge in [-0.15, -0.1) is 0 Å². The minimum Gasteiger partial charge on any atom is -0.494 e. The number of amides is 2. The number of aliphatic hydroxyl groups excluding tert-OH is 1. The number of aliphatic hydroxyl groups is 1. The lowest BCUT2D eigenvalue weighted by atomic mass is 10.1. The molecule has 1 rings (SSSR count). The van der Waals surface area contributed by atoms with E-state index in [0.29, 0.717) is 6.61 Å². The Bertz CT molecular complexity index is 477. The van der Waals surface area contributed by atoms with E-state index in [1.807, 2.05) is 39.0 Å². The second-order valence-electron chi connectivity index (χ2n) is 5.73. The zero-order valence-electron chi connectivity index (χ0n) is 14.0. The van der Waals surface area contributed by atoms with Crippen LogP contribution in [0.5, 0.6) is 5.75 Å². The third-order valence-electron chi connectivity index (χ3n) is 3.71. The molecule has 0 aliphatic carbocycles. The summed E-state index contributed by atoms with van der Waals surface area (Å²) >= 11 is 0. The van der Waals surface area contributed by atoms with Gasteiger partial charge in [0, 0.05) is 18.3 Å². The Hall–Kier alpha value is -1.75. The molecule has 3 N–H and O–H groups in total. The third-order valence-corrected chi connectivity index (χ3v) is 3.71. The fourth-order valence-electron chi connectivity index (χ4n) is 1.87. The van der Waals surface area contributed by atoms with Crippen molar-refractivity contribution in [2.75, 3.05) is 18.5 Å². The van der Waals surface area contributed by atoms with Crippen LogP contribution in [-0.4, -0.2) is 30.4 Å². The molecule has 2 amide bonds. The van der Waals surface area contributed by atoms with E-state index in [9.17, 15) is 4.79 Å². The first-order chi connectivity index (χ1) is 10.5. The minimum atomic E-state index is -0.268. The Balaban J connectivity index is 2.56. The molecule has 0 saturated carbocycles. The summed E-state index contributed by atoms with van der Waals surface area (Å²) in [7, 11) is 0. The van der Waals surface area contributed by atoms with Crippen LogP contribution in [-0.2, 0) is 0 Å². The summed E-state index contributed by atoms with van der Waals surface area (Å²) in [5, 5.41) is 14.7. The maximum atomic E-state index is 12.0. The summed E-state index contributed by atoms with van der Waals surface area (Å²) < 4.78 is 5.64. The van der Waals surface area contributed by atoms with E-state index >= 15 is 0 Å². The van der Waals surface area contributed by atoms with Gasteiger partial charge in [-0.05, 0) is 49.9 Å². The molecule has 0 radical (unpaired) electrons. The SMILES string of the molecule is CCCCOc1ccc(NC(=O)NC(C)C(C)CO)c(C)c1. The number of carbonyl (C=O) groups excluding carboxylic acids is 1. The van der Waals surface area contributed by atoms with E-state index in [0.717, 1.165) is 29.8 Å². The minimum absolute atomic E-state index is 0.0150. The summed E-state index contributed by atoms with van der Waals surface area (Å²) in [6, 6.07) is 5.26. The predicted octanol–water partition coefficient (Wildman–Crippen LogP) is 3.31. The van der Waals surface area contributed by atoms with Gasteiger partial charge in [0.2, 0.25) is 0 Å². The van der Waals surface area contributed by atoms with Crippen LogP contribution in [0.25, 0.3) is 0 Å². The van der Waals surface area contributed by atoms with Crippen molar-refractivity contribution in [3.8, 4) is 5.75 Å². The smallest absolute Gasteiger partial charge is 0.319 e. The Labute approximate surface area is 133 Å². The molecule has 5 heteroatoms. The summed E-state index contributed by atoms with van der Waals surface area (Å²) in [5.74, 6) is 0.834. The van der Waals surface area contributed by atoms with Crippen molar-refractivity contribution in [2.24, 2.45) is 5.92 Å². The number of hydrogen-bond donors (Lipinski definition) is 3. The van der Waals surface area contributed by atoms with Gasteiger partial charge in [0.25, 0.3) is 0 Å². The number of urea groups is 1. The summed E-state index contributed by atoms with van der Waals surface area (Å²) in [6.07, 6.45) is 2.13. The summed E-state index contributed by atoms with van der Waals surface area (Å²) in [5.41, 5.74) is 1.70. The van der Waals surface area contributed by atoms with Crippen molar-refractivity contribution in [1.82, 2.24) is 5.32 Å². The molecule has 0 aromatic heterocycles. The number of carbonyl (C=O) groups is 1. The fourth-order valence-corrected chi connectivity index (χ4v) is 1.87. The van der Waals surface area contributed by atoms with E-state index < -0.39 is 0 Å². The standard InChI is InChI=1S/C17H28N2O3/c1-5-6-9-22-15-7-8-16(12(2)10-15)19-17(21)18-14(4)13(3)11-20/h7-8,10,13-14,20H,5-6,9,11H2,1-4H3,(H2,18,19,21). The molecule has 22 heavy (non-hydrogen) atoms. The van der Waals surface area contributed by atoms with Gasteiger partial charge in [-0.3, -0.25) is 0 Å². The largest absolute Gasteiger partial charge is 0.494 e. The highest BCUT2D eigenvalue weighted by Crippen LogP contribution is 2.21. The molecule has 0 heterocycles. The Morgan fingerprint density at radius 2 is 2.09 bits per heavy atom. The molecule has 1 aromatic rings. The van der Waals surface area contributed by atoms with Crippen LogP contribution in [0.2, 0.25) is 0 Å². The zero-order chi connectivity index (χ0) is 16.5. The lowest BCUT2D eigenvalue weighted by molar-refractivity contribution is 0.204. The molecule has 0 fully saturated rings. The van der Waals surface area contributed by atoms with Gasteiger partial charge in [-0.1, -0.05) is 20.3 Å². The molecule has 0 aliphatic heterocycles. The van der Waals surface area contributed by atoms with Crippen LogP contribution in [0.3, 0.4) is 0 Å². The topological polar surface area (TPSA) is 70.6 Å². The van der Waals surface area contributed by atoms with Crippen LogP contribution in [0, 0.1) is 12.8 Å². The van der Waals surface area contributed by atoms with Gasteiger partial charge in [0.1, 0.15) is 5.75 Å². The first kappa shape index (κ1) is 18.3. The zero-order valence-corrected chi connectivity index (χ0v) is 14.0. The second-order valence-corrected chi connectivity index (χ2v) is 5.73. The highest BCUT2D eigenvalue weighted by molar-refractivity contribution is 5.90. The van der Waals surface area contributed by atoms with Gasteiger partial charge < -0.3 is 20.5 Å². The van der Waals surface area contributed by atoms with Crippen LogP contribution >= 0.6 is 0 Å². The maximum Gasteiger partial charge on any atom is 0.319 e. The average Bonchev–Trinajstić information content (AvgIpc) is 2.49. The van der Waals surface area contributed by atoms with Gasteiger partial charge in [0.05, 0.1) is 6.61 Å². The quantitative estimate of drug-likeness (QED) is 0.645.